The molecule has 3 heterocycles. The summed E-state index contributed by atoms with van der Waals surface area (Å²) in [6.07, 6.45) is 9.00. The molecule has 0 fully saturated rings. The number of aryl methyl sites for hydroxylation is 5. The molecule has 10 aromatic rings. The Kier molecular flexibility index (Phi) is 14.9. The van der Waals surface area contributed by atoms with Crippen LogP contribution in [-0.4, -0.2) is 15.0 Å². The molecule has 0 saturated carbocycles. The molecule has 3 aromatic heterocycles. The van der Waals surface area contributed by atoms with Gasteiger partial charge in [-0.1, -0.05) is 204 Å². The van der Waals surface area contributed by atoms with Crippen molar-refractivity contribution in [2.75, 3.05) is 0 Å². The van der Waals surface area contributed by atoms with Gasteiger partial charge < -0.3 is 15.0 Å². The summed E-state index contributed by atoms with van der Waals surface area (Å²) in [5.74, 6) is 0. The van der Waals surface area contributed by atoms with Gasteiger partial charge in [-0.2, -0.15) is 0 Å². The van der Waals surface area contributed by atoms with Gasteiger partial charge in [0.25, 0.3) is 0 Å². The van der Waals surface area contributed by atoms with Crippen molar-refractivity contribution in [1.29, 1.82) is 0 Å². The first-order chi connectivity index (χ1) is 32.9. The summed E-state index contributed by atoms with van der Waals surface area (Å²) in [6.45, 7) is 2.07. The van der Waals surface area contributed by atoms with Crippen molar-refractivity contribution in [3.8, 4) is 78.3 Å². The Morgan fingerprint density at radius 1 is 0.397 bits per heavy atom. The van der Waals surface area contributed by atoms with Crippen LogP contribution in [0.5, 0.6) is 0 Å². The summed E-state index contributed by atoms with van der Waals surface area (Å²) in [4.78, 5) is 13.9. The van der Waals surface area contributed by atoms with Crippen molar-refractivity contribution in [2.45, 2.75) is 32.6 Å². The van der Waals surface area contributed by atoms with Crippen LogP contribution < -0.4 is 0 Å². The van der Waals surface area contributed by atoms with Gasteiger partial charge in [-0.25, -0.2) is 0 Å². The predicted molar refractivity (Wildman–Crippen MR) is 282 cm³/mol. The molecule has 6 heteroatoms. The summed E-state index contributed by atoms with van der Waals surface area (Å²) in [5, 5.41) is 0. The fourth-order valence-electron chi connectivity index (χ4n) is 8.65. The summed E-state index contributed by atoms with van der Waals surface area (Å²) < 4.78 is 2.13. The largest absolute Gasteiger partial charge is 3.00 e. The van der Waals surface area contributed by atoms with Crippen molar-refractivity contribution in [2.24, 2.45) is 0 Å². The Hall–Kier alpha value is -6.40. The van der Waals surface area contributed by atoms with Gasteiger partial charge in [0, 0.05) is 18.6 Å². The maximum absolute atomic E-state index is 4.80. The van der Waals surface area contributed by atoms with E-state index < -0.39 is 0 Å². The van der Waals surface area contributed by atoms with Gasteiger partial charge >= 0.3 is 20.1 Å². The summed E-state index contributed by atoms with van der Waals surface area (Å²) in [5.41, 5.74) is 21.0. The second-order valence-electron chi connectivity index (χ2n) is 16.8. The minimum absolute atomic E-state index is 0. The Morgan fingerprint density at radius 2 is 0.912 bits per heavy atom. The number of hydrogen-bond donors (Lipinski definition) is 0. The molecule has 0 bridgehead atoms. The van der Waals surface area contributed by atoms with E-state index in [1.807, 2.05) is 55.0 Å². The standard InChI is InChI=1S/C62H44Br2N3.Ir/c1-42-17-32-62(67-41-42)50-30-31-56(57(38-50)47-24-22-46(23-25-47)45-11-3-2-4-12-45)55-14-6-5-13-54(55)53-36-43(18-20-48-26-28-51(39-58(48)63)60-15-7-9-33-65-60)35-44(37-53)19-21-49-27-29-52(40-59(49)64)61-16-8-10-34-66-61;/h2-17,22-27,31-41H,18-21H2,1H3;/q-3;+3. The Morgan fingerprint density at radius 3 is 1.47 bits per heavy atom. The number of halogens is 2. The van der Waals surface area contributed by atoms with E-state index in [2.05, 4.69) is 213 Å². The quantitative estimate of drug-likeness (QED) is 0.108. The number of hydrogen-bond acceptors (Lipinski definition) is 3. The molecule has 0 aliphatic carbocycles. The van der Waals surface area contributed by atoms with Gasteiger partial charge in [0.2, 0.25) is 0 Å². The molecule has 0 aliphatic heterocycles. The normalized spacial score (nSPS) is 11.0. The molecule has 68 heavy (non-hydrogen) atoms. The fourth-order valence-corrected chi connectivity index (χ4v) is 9.73. The summed E-state index contributed by atoms with van der Waals surface area (Å²) in [7, 11) is 0. The molecule has 0 spiro atoms. The second-order valence-corrected chi connectivity index (χ2v) is 18.5. The average molecular weight is 1180 g/mol. The van der Waals surface area contributed by atoms with Crippen LogP contribution in [0.2, 0.25) is 0 Å². The van der Waals surface area contributed by atoms with Crippen molar-refractivity contribution in [3.63, 3.8) is 0 Å². The molecule has 10 rings (SSSR count). The van der Waals surface area contributed by atoms with Gasteiger partial charge in [-0.15, -0.1) is 82.4 Å². The zero-order valence-electron chi connectivity index (χ0n) is 37.3. The zero-order chi connectivity index (χ0) is 45.5. The van der Waals surface area contributed by atoms with Gasteiger partial charge in [-0.05, 0) is 93.5 Å². The van der Waals surface area contributed by atoms with Crippen LogP contribution in [0.3, 0.4) is 0 Å². The van der Waals surface area contributed by atoms with E-state index in [-0.39, 0.29) is 20.1 Å². The van der Waals surface area contributed by atoms with Crippen LogP contribution in [0.15, 0.2) is 210 Å². The molecule has 0 amide bonds. The van der Waals surface area contributed by atoms with Crippen LogP contribution in [0.1, 0.15) is 27.8 Å². The minimum atomic E-state index is 0. The molecule has 330 valence electrons. The third kappa shape index (κ3) is 10.8. The van der Waals surface area contributed by atoms with E-state index in [1.54, 1.807) is 0 Å². The van der Waals surface area contributed by atoms with Crippen LogP contribution >= 0.6 is 31.9 Å². The Labute approximate surface area is 430 Å². The van der Waals surface area contributed by atoms with Crippen LogP contribution in [0, 0.1) is 25.1 Å². The van der Waals surface area contributed by atoms with Crippen molar-refractivity contribution >= 4 is 31.9 Å². The maximum atomic E-state index is 4.80. The van der Waals surface area contributed by atoms with Crippen LogP contribution in [0.25, 0.3) is 78.3 Å². The Balaban J connectivity index is 0.00000578. The van der Waals surface area contributed by atoms with E-state index >= 15 is 0 Å². The number of rotatable bonds is 13. The summed E-state index contributed by atoms with van der Waals surface area (Å²) in [6, 6.07) is 75.1. The summed E-state index contributed by atoms with van der Waals surface area (Å²) >= 11 is 7.79. The van der Waals surface area contributed by atoms with Gasteiger partial charge in [0.05, 0.1) is 0 Å². The number of pyridine rings is 3. The first-order valence-electron chi connectivity index (χ1n) is 22.5. The zero-order valence-corrected chi connectivity index (χ0v) is 42.9. The van der Waals surface area contributed by atoms with Crippen molar-refractivity contribution in [3.05, 3.63) is 256 Å². The first-order valence-corrected chi connectivity index (χ1v) is 24.1. The van der Waals surface area contributed by atoms with Gasteiger partial charge in [0.1, 0.15) is 0 Å². The van der Waals surface area contributed by atoms with Crippen molar-refractivity contribution < 1.29 is 20.1 Å². The van der Waals surface area contributed by atoms with E-state index in [0.29, 0.717) is 0 Å². The van der Waals surface area contributed by atoms with Crippen LogP contribution in [-0.2, 0) is 45.8 Å². The molecule has 0 aliphatic rings. The molecule has 0 atom stereocenters. The smallest absolute Gasteiger partial charge is 0.305 e. The second kappa shape index (κ2) is 21.7. The van der Waals surface area contributed by atoms with Crippen LogP contribution in [0.4, 0.5) is 0 Å². The number of nitrogens with zero attached hydrogens (tertiary/aromatic N) is 3. The third-order valence-corrected chi connectivity index (χ3v) is 13.7. The van der Waals surface area contributed by atoms with Gasteiger partial charge in [0.15, 0.2) is 0 Å². The van der Waals surface area contributed by atoms with Crippen molar-refractivity contribution in [1.82, 2.24) is 15.0 Å². The molecular formula is C62H44Br2IrN3. The first kappa shape index (κ1) is 46.7. The predicted octanol–water partition coefficient (Wildman–Crippen LogP) is 16.3. The number of benzene rings is 7. The van der Waals surface area contributed by atoms with E-state index in [4.69, 9.17) is 4.98 Å². The molecule has 0 radical (unpaired) electrons. The average Bonchev–Trinajstić information content (AvgIpc) is 3.39. The van der Waals surface area contributed by atoms with E-state index in [0.717, 1.165) is 96.2 Å². The maximum Gasteiger partial charge on any atom is 3.00 e. The topological polar surface area (TPSA) is 38.7 Å². The minimum Gasteiger partial charge on any atom is -0.305 e. The molecular weight excluding hydrogens is 1140 g/mol. The fraction of sp³-hybridized carbons (Fsp3) is 0.0806. The molecule has 0 saturated heterocycles. The third-order valence-electron chi connectivity index (χ3n) is 12.2. The SMILES string of the molecule is Cc1ccc(-c2[c-]cc(-c3ccccc3-c3cc(CCc4c[c-]c(-c5ccccn5)cc4Br)cc(CCc4c[c-]c(-c5ccccn5)cc4Br)c3)c(-c3ccc(-c4ccccc4)cc3)c2)nc1.[Ir+3]. The molecule has 0 N–H and O–H groups in total. The molecule has 7 aromatic carbocycles. The molecule has 3 nitrogen and oxygen atoms in total. The van der Waals surface area contributed by atoms with Gasteiger partial charge in [-0.3, -0.25) is 0 Å². The monoisotopic (exact) mass is 1180 g/mol. The molecule has 0 unspecified atom stereocenters. The van der Waals surface area contributed by atoms with E-state index in [9.17, 15) is 0 Å². The van der Waals surface area contributed by atoms with E-state index in [1.165, 1.54) is 44.5 Å². The Bertz CT molecular complexity index is 3190. The number of aromatic nitrogens is 3.